The van der Waals surface area contributed by atoms with E-state index in [2.05, 4.69) is 228 Å². The van der Waals surface area contributed by atoms with Gasteiger partial charge in [-0.25, -0.2) is 15.0 Å². The molecule has 4 heterocycles. The number of hydrogen-bond donors (Lipinski definition) is 0. The molecule has 0 bridgehead atoms. The molecule has 0 amide bonds. The number of aromatic nitrogens is 5. The Balaban J connectivity index is 1.05. The van der Waals surface area contributed by atoms with Crippen LogP contribution < -0.4 is 0 Å². The topological polar surface area (TPSA) is 61.7 Å². The van der Waals surface area contributed by atoms with E-state index in [-0.39, 0.29) is 0 Å². The third-order valence-electron chi connectivity index (χ3n) is 14.3. The first-order valence-electron chi connectivity index (χ1n) is 24.0. The molecule has 0 saturated carbocycles. The van der Waals surface area contributed by atoms with Crippen molar-refractivity contribution in [3.05, 3.63) is 237 Å². The quantitative estimate of drug-likeness (QED) is 0.167. The van der Waals surface area contributed by atoms with Crippen molar-refractivity contribution in [2.75, 3.05) is 0 Å². The Labute approximate surface area is 407 Å². The summed E-state index contributed by atoms with van der Waals surface area (Å²) in [6.45, 7) is 0. The summed E-state index contributed by atoms with van der Waals surface area (Å²) in [4.78, 5) is 16.5. The van der Waals surface area contributed by atoms with Crippen LogP contribution in [0.5, 0.6) is 0 Å². The molecule has 0 radical (unpaired) electrons. The average Bonchev–Trinajstić information content (AvgIpc) is 4.10. The van der Waals surface area contributed by atoms with Crippen LogP contribution >= 0.6 is 0 Å². The van der Waals surface area contributed by atoms with Crippen molar-refractivity contribution in [1.29, 1.82) is 0 Å². The van der Waals surface area contributed by atoms with Crippen molar-refractivity contribution < 1.29 is 4.42 Å². The van der Waals surface area contributed by atoms with Crippen LogP contribution in [0.4, 0.5) is 0 Å². The van der Waals surface area contributed by atoms with Gasteiger partial charge in [0.05, 0.1) is 33.3 Å². The number of benzene rings is 11. The maximum absolute atomic E-state index is 7.04. The molecule has 0 aliphatic carbocycles. The normalized spacial score (nSPS) is 11.9. The summed E-state index contributed by atoms with van der Waals surface area (Å²) < 4.78 is 11.8. The minimum Gasteiger partial charge on any atom is -0.455 e. The van der Waals surface area contributed by atoms with Gasteiger partial charge in [-0.1, -0.05) is 176 Å². The van der Waals surface area contributed by atoms with Gasteiger partial charge >= 0.3 is 0 Å². The maximum atomic E-state index is 7.04. The second-order valence-electron chi connectivity index (χ2n) is 18.3. The number of rotatable bonds is 6. The molecule has 15 rings (SSSR count). The molecule has 0 saturated heterocycles. The maximum Gasteiger partial charge on any atom is 0.170 e. The smallest absolute Gasteiger partial charge is 0.170 e. The van der Waals surface area contributed by atoms with Crippen molar-refractivity contribution in [1.82, 2.24) is 24.1 Å². The van der Waals surface area contributed by atoms with Gasteiger partial charge in [0.25, 0.3) is 0 Å². The highest BCUT2D eigenvalue weighted by atomic mass is 16.3. The molecule has 15 aromatic rings. The Bertz CT molecular complexity index is 4620. The first kappa shape index (κ1) is 39.4. The Hall–Kier alpha value is -9.65. The van der Waals surface area contributed by atoms with Gasteiger partial charge < -0.3 is 13.6 Å². The zero-order valence-corrected chi connectivity index (χ0v) is 38.2. The molecule has 4 aromatic heterocycles. The highest BCUT2D eigenvalue weighted by Gasteiger charge is 2.26. The summed E-state index contributed by atoms with van der Waals surface area (Å²) in [5.41, 5.74) is 12.6. The zero-order chi connectivity index (χ0) is 46.6. The number of furan rings is 1. The zero-order valence-electron chi connectivity index (χ0n) is 38.2. The lowest BCUT2D eigenvalue weighted by atomic mass is 10.0. The van der Waals surface area contributed by atoms with E-state index < -0.39 is 0 Å². The summed E-state index contributed by atoms with van der Waals surface area (Å²) >= 11 is 0. The average molecular weight is 906 g/mol. The molecule has 0 N–H and O–H groups in total. The van der Waals surface area contributed by atoms with Crippen LogP contribution in [-0.4, -0.2) is 24.1 Å². The highest BCUT2D eigenvalue weighted by Crippen LogP contribution is 2.45. The fourth-order valence-electron chi connectivity index (χ4n) is 11.1. The Kier molecular flexibility index (Phi) is 8.56. The summed E-state index contributed by atoms with van der Waals surface area (Å²) in [5.74, 6) is 1.63. The van der Waals surface area contributed by atoms with Crippen LogP contribution in [0.1, 0.15) is 0 Å². The largest absolute Gasteiger partial charge is 0.455 e. The molecular formula is C65H39N5O. The molecule has 0 unspecified atom stereocenters. The van der Waals surface area contributed by atoms with E-state index in [9.17, 15) is 0 Å². The first-order valence-corrected chi connectivity index (χ1v) is 24.0. The second kappa shape index (κ2) is 15.4. The summed E-state index contributed by atoms with van der Waals surface area (Å²) in [5, 5.41) is 11.4. The lowest BCUT2D eigenvalue weighted by Crippen LogP contribution is -2.04. The van der Waals surface area contributed by atoms with Gasteiger partial charge in [-0.05, 0) is 93.3 Å². The molecule has 0 spiro atoms. The predicted octanol–water partition coefficient (Wildman–Crippen LogP) is 16.9. The molecule has 71 heavy (non-hydrogen) atoms. The van der Waals surface area contributed by atoms with Crippen molar-refractivity contribution in [2.24, 2.45) is 0 Å². The Morgan fingerprint density at radius 2 is 0.887 bits per heavy atom. The predicted molar refractivity (Wildman–Crippen MR) is 293 cm³/mol. The van der Waals surface area contributed by atoms with Crippen molar-refractivity contribution >= 4 is 87.1 Å². The molecule has 0 fully saturated rings. The minimum absolute atomic E-state index is 0.511. The second-order valence-corrected chi connectivity index (χ2v) is 18.3. The third kappa shape index (κ3) is 6.11. The number of para-hydroxylation sites is 3. The van der Waals surface area contributed by atoms with Crippen molar-refractivity contribution in [3.63, 3.8) is 0 Å². The fourth-order valence-corrected chi connectivity index (χ4v) is 11.1. The van der Waals surface area contributed by atoms with Gasteiger partial charge in [0, 0.05) is 49.1 Å². The van der Waals surface area contributed by atoms with Crippen molar-refractivity contribution in [2.45, 2.75) is 0 Å². The highest BCUT2D eigenvalue weighted by molar-refractivity contribution is 6.24. The summed E-state index contributed by atoms with van der Waals surface area (Å²) in [6.07, 6.45) is 0. The van der Waals surface area contributed by atoms with Gasteiger partial charge in [-0.3, -0.25) is 0 Å². The Morgan fingerprint density at radius 1 is 0.310 bits per heavy atom. The molecule has 0 aliphatic heterocycles. The van der Waals surface area contributed by atoms with Crippen LogP contribution in [0.2, 0.25) is 0 Å². The standard InChI is InChI=1S/C65H39N5O/c1-3-15-40(16-4-1)41-27-29-43(30-28-41)63-66-64(46-31-33-50-49-23-11-13-25-54(49)69(57(50)39-46)47-20-5-2-6-21-47)68-65(67-63)61-56(36-34-52-51-24-12-14-26-59(51)71-62(52)61)70-55-35-32-42-17-9-10-22-48(42)60(55)53-37-44-18-7-8-19-45(44)38-58(53)70/h1-39H. The third-order valence-corrected chi connectivity index (χ3v) is 14.3. The molecule has 11 aromatic carbocycles. The summed E-state index contributed by atoms with van der Waals surface area (Å²) in [6, 6.07) is 83.9. The number of nitrogens with zero attached hydrogens (tertiary/aromatic N) is 5. The van der Waals surface area contributed by atoms with Crippen LogP contribution in [-0.2, 0) is 0 Å². The number of hydrogen-bond acceptors (Lipinski definition) is 4. The Morgan fingerprint density at radius 3 is 1.70 bits per heavy atom. The van der Waals surface area contributed by atoms with Crippen LogP contribution in [0.15, 0.2) is 241 Å². The minimum atomic E-state index is 0.511. The van der Waals surface area contributed by atoms with Gasteiger partial charge in [0.15, 0.2) is 17.5 Å². The van der Waals surface area contributed by atoms with E-state index in [0.29, 0.717) is 23.1 Å². The SMILES string of the molecule is c1ccc(-c2ccc(-c3nc(-c4ccc5c6ccccc6n(-c6ccccc6)c5c4)nc(-c4c(-n5c6cc7ccccc7cc6c6c7ccccc7ccc65)ccc5c4oc4ccccc45)n3)cc2)cc1. The van der Waals surface area contributed by atoms with E-state index >= 15 is 0 Å². The van der Waals surface area contributed by atoms with E-state index in [4.69, 9.17) is 19.4 Å². The lowest BCUT2D eigenvalue weighted by Gasteiger charge is -2.16. The van der Waals surface area contributed by atoms with Crippen LogP contribution in [0.3, 0.4) is 0 Å². The molecular weight excluding hydrogens is 867 g/mol. The first-order chi connectivity index (χ1) is 35.2. The number of fused-ring (bicyclic) bond motifs is 12. The van der Waals surface area contributed by atoms with Gasteiger partial charge in [0.2, 0.25) is 0 Å². The molecule has 6 nitrogen and oxygen atoms in total. The lowest BCUT2D eigenvalue weighted by molar-refractivity contribution is 0.669. The van der Waals surface area contributed by atoms with E-state index in [1.807, 2.05) is 18.2 Å². The summed E-state index contributed by atoms with van der Waals surface area (Å²) in [7, 11) is 0. The fraction of sp³-hybridized carbons (Fsp3) is 0. The van der Waals surface area contributed by atoms with Crippen LogP contribution in [0, 0.1) is 0 Å². The monoisotopic (exact) mass is 905 g/mol. The van der Waals surface area contributed by atoms with Crippen molar-refractivity contribution in [3.8, 4) is 56.7 Å². The van der Waals surface area contributed by atoms with Crippen LogP contribution in [0.25, 0.3) is 144 Å². The molecule has 6 heteroatoms. The van der Waals surface area contributed by atoms with Gasteiger partial charge in [0.1, 0.15) is 11.2 Å². The molecule has 330 valence electrons. The van der Waals surface area contributed by atoms with Gasteiger partial charge in [-0.2, -0.15) is 0 Å². The van der Waals surface area contributed by atoms with Gasteiger partial charge in [-0.15, -0.1) is 0 Å². The molecule has 0 aliphatic rings. The molecule has 0 atom stereocenters. The van der Waals surface area contributed by atoms with E-state index in [1.165, 1.54) is 32.3 Å². The van der Waals surface area contributed by atoms with E-state index in [1.54, 1.807) is 0 Å². The van der Waals surface area contributed by atoms with E-state index in [0.717, 1.165) is 88.4 Å².